The molecular weight excluding hydrogens is 241 g/mol. The van der Waals surface area contributed by atoms with Crippen molar-refractivity contribution < 1.29 is 14.3 Å². The summed E-state index contributed by atoms with van der Waals surface area (Å²) in [6, 6.07) is 5.97. The predicted molar refractivity (Wildman–Crippen MR) is 66.4 cm³/mol. The van der Waals surface area contributed by atoms with Gasteiger partial charge in [-0.15, -0.1) is 11.8 Å². The summed E-state index contributed by atoms with van der Waals surface area (Å²) in [5.41, 5.74) is 0. The zero-order chi connectivity index (χ0) is 12.7. The van der Waals surface area contributed by atoms with Gasteiger partial charge in [0.2, 0.25) is 5.91 Å². The van der Waals surface area contributed by atoms with Crippen LogP contribution in [0.5, 0.6) is 0 Å². The molecule has 2 N–H and O–H groups in total. The second-order valence-electron chi connectivity index (χ2n) is 3.70. The first-order valence-corrected chi connectivity index (χ1v) is 6.39. The van der Waals surface area contributed by atoms with E-state index in [4.69, 9.17) is 5.11 Å². The summed E-state index contributed by atoms with van der Waals surface area (Å²) in [5.74, 6) is 0.292. The highest BCUT2D eigenvalue weighted by molar-refractivity contribution is 7.99. The molecule has 0 bridgehead atoms. The maximum absolute atomic E-state index is 12.6. The number of amides is 1. The van der Waals surface area contributed by atoms with Crippen LogP contribution in [-0.4, -0.2) is 29.4 Å². The summed E-state index contributed by atoms with van der Waals surface area (Å²) in [6.45, 7) is 1.68. The number of aliphatic hydroxyl groups is 1. The van der Waals surface area contributed by atoms with Crippen LogP contribution in [0.25, 0.3) is 0 Å². The molecule has 0 aliphatic rings. The van der Waals surface area contributed by atoms with Gasteiger partial charge < -0.3 is 10.4 Å². The van der Waals surface area contributed by atoms with Gasteiger partial charge in [-0.25, -0.2) is 4.39 Å². The number of nitrogens with one attached hydrogen (secondary N) is 1. The monoisotopic (exact) mass is 257 g/mol. The summed E-state index contributed by atoms with van der Waals surface area (Å²) in [7, 11) is 0. The van der Waals surface area contributed by atoms with Crippen molar-refractivity contribution in [3.8, 4) is 0 Å². The minimum absolute atomic E-state index is 0.0587. The normalized spacial score (nSPS) is 12.2. The summed E-state index contributed by atoms with van der Waals surface area (Å²) in [5, 5.41) is 11.4. The predicted octanol–water partition coefficient (Wildman–Crippen LogP) is 1.80. The lowest BCUT2D eigenvalue weighted by Crippen LogP contribution is -2.35. The lowest BCUT2D eigenvalue weighted by molar-refractivity contribution is -0.121. The van der Waals surface area contributed by atoms with Gasteiger partial charge in [-0.05, 0) is 31.2 Å². The van der Waals surface area contributed by atoms with E-state index in [0.29, 0.717) is 12.2 Å². The summed E-state index contributed by atoms with van der Waals surface area (Å²) in [6.07, 6.45) is 0.381. The molecule has 5 heteroatoms. The standard InChI is InChI=1S/C12H16FNO2S/c1-9(8-15)14-12(16)6-7-17-11-4-2-10(13)3-5-11/h2-5,9,15H,6-8H2,1H3,(H,14,16)/t9-/m1/s1. The van der Waals surface area contributed by atoms with E-state index in [1.165, 1.54) is 23.9 Å². The van der Waals surface area contributed by atoms with Gasteiger partial charge in [0.15, 0.2) is 0 Å². The van der Waals surface area contributed by atoms with Crippen molar-refractivity contribution in [1.82, 2.24) is 5.32 Å². The molecule has 0 heterocycles. The largest absolute Gasteiger partial charge is 0.394 e. The number of aliphatic hydroxyl groups excluding tert-OH is 1. The molecule has 1 aromatic carbocycles. The highest BCUT2D eigenvalue weighted by atomic mass is 32.2. The smallest absolute Gasteiger partial charge is 0.221 e. The zero-order valence-electron chi connectivity index (χ0n) is 9.65. The summed E-state index contributed by atoms with van der Waals surface area (Å²) >= 11 is 1.50. The maximum Gasteiger partial charge on any atom is 0.221 e. The molecule has 1 rings (SSSR count). The van der Waals surface area contributed by atoms with E-state index in [1.807, 2.05) is 0 Å². The Hall–Kier alpha value is -1.07. The van der Waals surface area contributed by atoms with E-state index in [9.17, 15) is 9.18 Å². The van der Waals surface area contributed by atoms with Gasteiger partial charge in [-0.3, -0.25) is 4.79 Å². The average molecular weight is 257 g/mol. The first-order valence-electron chi connectivity index (χ1n) is 5.40. The molecule has 94 valence electrons. The van der Waals surface area contributed by atoms with Crippen molar-refractivity contribution in [3.05, 3.63) is 30.1 Å². The third-order valence-electron chi connectivity index (χ3n) is 2.09. The average Bonchev–Trinajstić information content (AvgIpc) is 2.31. The van der Waals surface area contributed by atoms with Gasteiger partial charge in [0.1, 0.15) is 5.82 Å². The van der Waals surface area contributed by atoms with Crippen LogP contribution in [0.4, 0.5) is 4.39 Å². The molecule has 17 heavy (non-hydrogen) atoms. The molecule has 1 aromatic rings. The Kier molecular flexibility index (Phi) is 6.00. The fourth-order valence-corrected chi connectivity index (χ4v) is 2.04. The second-order valence-corrected chi connectivity index (χ2v) is 4.87. The summed E-state index contributed by atoms with van der Waals surface area (Å²) < 4.78 is 12.6. The minimum atomic E-state index is -0.260. The van der Waals surface area contributed by atoms with Gasteiger partial charge in [-0.1, -0.05) is 0 Å². The van der Waals surface area contributed by atoms with Crippen LogP contribution in [0.1, 0.15) is 13.3 Å². The van der Waals surface area contributed by atoms with Crippen LogP contribution in [0.3, 0.4) is 0 Å². The number of hydrogen-bond acceptors (Lipinski definition) is 3. The Morgan fingerprint density at radius 1 is 1.47 bits per heavy atom. The van der Waals surface area contributed by atoms with Crippen molar-refractivity contribution in [2.75, 3.05) is 12.4 Å². The first kappa shape index (κ1) is 14.0. The molecule has 1 atom stereocenters. The van der Waals surface area contributed by atoms with Crippen molar-refractivity contribution in [1.29, 1.82) is 0 Å². The Morgan fingerprint density at radius 2 is 2.12 bits per heavy atom. The topological polar surface area (TPSA) is 49.3 Å². The van der Waals surface area contributed by atoms with E-state index in [2.05, 4.69) is 5.32 Å². The highest BCUT2D eigenvalue weighted by Crippen LogP contribution is 2.18. The van der Waals surface area contributed by atoms with E-state index in [-0.39, 0.29) is 24.4 Å². The molecular formula is C12H16FNO2S. The molecule has 0 saturated heterocycles. The number of carbonyl (C=O) groups excluding carboxylic acids is 1. The molecule has 0 aliphatic carbocycles. The molecule has 1 amide bonds. The lowest BCUT2D eigenvalue weighted by atomic mass is 10.3. The highest BCUT2D eigenvalue weighted by Gasteiger charge is 2.05. The number of halogens is 1. The molecule has 0 spiro atoms. The number of benzene rings is 1. The Balaban J connectivity index is 2.23. The van der Waals surface area contributed by atoms with Crippen LogP contribution in [0.15, 0.2) is 29.2 Å². The van der Waals surface area contributed by atoms with Gasteiger partial charge >= 0.3 is 0 Å². The van der Waals surface area contributed by atoms with Crippen molar-refractivity contribution >= 4 is 17.7 Å². The van der Waals surface area contributed by atoms with Gasteiger partial charge in [-0.2, -0.15) is 0 Å². The third kappa shape index (κ3) is 5.70. The minimum Gasteiger partial charge on any atom is -0.394 e. The quantitative estimate of drug-likeness (QED) is 0.764. The molecule has 0 radical (unpaired) electrons. The number of carbonyl (C=O) groups is 1. The van der Waals surface area contributed by atoms with E-state index in [1.54, 1.807) is 19.1 Å². The molecule has 3 nitrogen and oxygen atoms in total. The van der Waals surface area contributed by atoms with Crippen LogP contribution >= 0.6 is 11.8 Å². The van der Waals surface area contributed by atoms with Crippen molar-refractivity contribution in [2.24, 2.45) is 0 Å². The van der Waals surface area contributed by atoms with Crippen LogP contribution in [-0.2, 0) is 4.79 Å². The fourth-order valence-electron chi connectivity index (χ4n) is 1.19. The number of rotatable bonds is 6. The molecule has 0 aromatic heterocycles. The molecule has 0 aliphatic heterocycles. The fraction of sp³-hybridized carbons (Fsp3) is 0.417. The molecule has 0 saturated carbocycles. The zero-order valence-corrected chi connectivity index (χ0v) is 10.5. The van der Waals surface area contributed by atoms with Crippen LogP contribution in [0.2, 0.25) is 0 Å². The van der Waals surface area contributed by atoms with E-state index < -0.39 is 0 Å². The lowest BCUT2D eigenvalue weighted by Gasteiger charge is -2.10. The van der Waals surface area contributed by atoms with Crippen molar-refractivity contribution in [2.45, 2.75) is 24.3 Å². The maximum atomic E-state index is 12.6. The SMILES string of the molecule is C[C@H](CO)NC(=O)CCSc1ccc(F)cc1. The van der Waals surface area contributed by atoms with E-state index in [0.717, 1.165) is 4.90 Å². The van der Waals surface area contributed by atoms with Gasteiger partial charge in [0.05, 0.1) is 6.61 Å². The Morgan fingerprint density at radius 3 is 2.71 bits per heavy atom. The van der Waals surface area contributed by atoms with Crippen molar-refractivity contribution in [3.63, 3.8) is 0 Å². The van der Waals surface area contributed by atoms with Crippen LogP contribution < -0.4 is 5.32 Å². The Labute approximate surface area is 104 Å². The van der Waals surface area contributed by atoms with Crippen LogP contribution in [0, 0.1) is 5.82 Å². The van der Waals surface area contributed by atoms with E-state index >= 15 is 0 Å². The summed E-state index contributed by atoms with van der Waals surface area (Å²) in [4.78, 5) is 12.3. The number of hydrogen-bond donors (Lipinski definition) is 2. The first-order chi connectivity index (χ1) is 8.11. The molecule has 0 unspecified atom stereocenters. The molecule has 0 fully saturated rings. The second kappa shape index (κ2) is 7.29. The third-order valence-corrected chi connectivity index (χ3v) is 3.11. The Bertz CT molecular complexity index is 356. The van der Waals surface area contributed by atoms with Gasteiger partial charge in [0, 0.05) is 23.1 Å². The van der Waals surface area contributed by atoms with Gasteiger partial charge in [0.25, 0.3) is 0 Å². The number of thioether (sulfide) groups is 1.